The highest BCUT2D eigenvalue weighted by Gasteiger charge is 2.32. The highest BCUT2D eigenvalue weighted by molar-refractivity contribution is 6.31. The average Bonchev–Trinajstić information content (AvgIpc) is 3.13. The highest BCUT2D eigenvalue weighted by atomic mass is 35.5. The predicted molar refractivity (Wildman–Crippen MR) is 139 cm³/mol. The van der Waals surface area contributed by atoms with E-state index in [0.717, 1.165) is 76.1 Å². The number of benzene rings is 1. The van der Waals surface area contributed by atoms with Gasteiger partial charge in [0.05, 0.1) is 29.3 Å². The first-order chi connectivity index (χ1) is 16.9. The molecule has 0 bridgehead atoms. The van der Waals surface area contributed by atoms with Crippen LogP contribution in [0.1, 0.15) is 58.4 Å². The van der Waals surface area contributed by atoms with Crippen molar-refractivity contribution in [1.82, 2.24) is 18.9 Å². The zero-order chi connectivity index (χ0) is 24.5. The third kappa shape index (κ3) is 5.34. The zero-order valence-corrected chi connectivity index (χ0v) is 22.0. The number of piperidine rings is 1. The van der Waals surface area contributed by atoms with Crippen molar-refractivity contribution in [3.63, 3.8) is 0 Å². The van der Waals surface area contributed by atoms with Gasteiger partial charge in [0, 0.05) is 57.4 Å². The van der Waals surface area contributed by atoms with Crippen LogP contribution in [0.2, 0.25) is 5.02 Å². The average molecular weight is 507 g/mol. The monoisotopic (exact) mass is 506 g/mol. The van der Waals surface area contributed by atoms with Crippen molar-refractivity contribution in [3.8, 4) is 0 Å². The molecule has 35 heavy (non-hydrogen) atoms. The van der Waals surface area contributed by atoms with Crippen LogP contribution in [-0.2, 0) is 11.3 Å². The minimum Gasteiger partial charge on any atom is -0.379 e. The molecule has 0 spiro atoms. The van der Waals surface area contributed by atoms with Crippen molar-refractivity contribution < 1.29 is 9.13 Å². The second kappa shape index (κ2) is 10.9. The van der Waals surface area contributed by atoms with E-state index < -0.39 is 5.82 Å². The Morgan fingerprint density at radius 3 is 2.29 bits per heavy atom. The van der Waals surface area contributed by atoms with E-state index in [1.54, 1.807) is 10.6 Å². The molecule has 3 fully saturated rings. The molecule has 194 valence electrons. The number of likely N-dealkylation sites (tertiary alicyclic amines) is 1. The minimum absolute atomic E-state index is 0.0363. The maximum absolute atomic E-state index is 14.5. The number of hydrogen-bond donors (Lipinski definition) is 0. The second-order valence-corrected chi connectivity index (χ2v) is 11.5. The zero-order valence-electron chi connectivity index (χ0n) is 21.2. The molecule has 1 aliphatic carbocycles. The summed E-state index contributed by atoms with van der Waals surface area (Å²) in [5.41, 5.74) is 1.38. The Hall–Kier alpha value is -1.41. The quantitative estimate of drug-likeness (QED) is 0.565. The standard InChI is InChI=1S/C27H40ClFN4O2/c1-19(2)20-3-5-21(6-4-20)31-9-7-22(8-10-31)33-26-17-23(28)24(29)18-25(26)32(27(33)34)12-11-30-13-15-35-16-14-30/h17-22H,3-16H2,1-2H3. The molecule has 2 saturated heterocycles. The van der Waals surface area contributed by atoms with Crippen LogP contribution in [-0.4, -0.2) is 70.9 Å². The number of fused-ring (bicyclic) bond motifs is 1. The summed E-state index contributed by atoms with van der Waals surface area (Å²) in [7, 11) is 0. The van der Waals surface area contributed by atoms with E-state index >= 15 is 0 Å². The van der Waals surface area contributed by atoms with Gasteiger partial charge in [0.15, 0.2) is 0 Å². The summed E-state index contributed by atoms with van der Waals surface area (Å²) in [6, 6.07) is 3.90. The summed E-state index contributed by atoms with van der Waals surface area (Å²) < 4.78 is 23.6. The first-order valence-electron chi connectivity index (χ1n) is 13.6. The summed E-state index contributed by atoms with van der Waals surface area (Å²) in [5, 5.41) is 0.0796. The normalized spacial score (nSPS) is 25.6. The second-order valence-electron chi connectivity index (χ2n) is 11.1. The van der Waals surface area contributed by atoms with Crippen LogP contribution in [0.25, 0.3) is 11.0 Å². The Bertz CT molecular complexity index is 1060. The van der Waals surface area contributed by atoms with Crippen molar-refractivity contribution in [2.24, 2.45) is 11.8 Å². The van der Waals surface area contributed by atoms with Gasteiger partial charge in [0.1, 0.15) is 5.82 Å². The number of aromatic nitrogens is 2. The Balaban J connectivity index is 1.32. The fourth-order valence-electron chi connectivity index (χ4n) is 6.55. The van der Waals surface area contributed by atoms with Crippen molar-refractivity contribution in [1.29, 1.82) is 0 Å². The topological polar surface area (TPSA) is 42.6 Å². The molecular formula is C27H40ClFN4O2. The number of ether oxygens (including phenoxy) is 1. The summed E-state index contributed by atoms with van der Waals surface area (Å²) >= 11 is 6.19. The number of nitrogens with zero attached hydrogens (tertiary/aromatic N) is 4. The molecule has 3 heterocycles. The minimum atomic E-state index is -0.469. The Labute approximate surface area is 213 Å². The third-order valence-corrected chi connectivity index (χ3v) is 9.10. The Kier molecular flexibility index (Phi) is 7.87. The summed E-state index contributed by atoms with van der Waals surface area (Å²) in [6.45, 7) is 11.2. The molecule has 5 rings (SSSR count). The van der Waals surface area contributed by atoms with Crippen LogP contribution in [0.3, 0.4) is 0 Å². The van der Waals surface area contributed by atoms with Gasteiger partial charge in [-0.3, -0.25) is 14.0 Å². The molecule has 0 atom stereocenters. The van der Waals surface area contributed by atoms with E-state index in [4.69, 9.17) is 16.3 Å². The lowest BCUT2D eigenvalue weighted by atomic mass is 9.79. The number of imidazole rings is 1. The maximum Gasteiger partial charge on any atom is 0.329 e. The smallest absolute Gasteiger partial charge is 0.329 e. The fourth-order valence-corrected chi connectivity index (χ4v) is 6.71. The first kappa shape index (κ1) is 25.2. The van der Waals surface area contributed by atoms with Crippen LogP contribution >= 0.6 is 11.6 Å². The van der Waals surface area contributed by atoms with E-state index in [2.05, 4.69) is 23.6 Å². The van der Waals surface area contributed by atoms with Crippen molar-refractivity contribution >= 4 is 22.6 Å². The molecule has 2 aromatic rings. The van der Waals surface area contributed by atoms with E-state index in [0.29, 0.717) is 18.1 Å². The van der Waals surface area contributed by atoms with Crippen LogP contribution in [0, 0.1) is 17.7 Å². The van der Waals surface area contributed by atoms with Crippen LogP contribution in [0.4, 0.5) is 4.39 Å². The summed E-state index contributed by atoms with van der Waals surface area (Å²) in [6.07, 6.45) is 7.15. The van der Waals surface area contributed by atoms with E-state index in [1.807, 2.05) is 4.57 Å². The molecular weight excluding hydrogens is 467 g/mol. The lowest BCUT2D eigenvalue weighted by Crippen LogP contribution is -2.45. The summed E-state index contributed by atoms with van der Waals surface area (Å²) in [5.74, 6) is 1.19. The molecule has 1 aromatic carbocycles. The van der Waals surface area contributed by atoms with Gasteiger partial charge < -0.3 is 9.64 Å². The molecule has 2 aliphatic heterocycles. The molecule has 6 nitrogen and oxygen atoms in total. The van der Waals surface area contributed by atoms with Gasteiger partial charge in [-0.15, -0.1) is 0 Å². The van der Waals surface area contributed by atoms with E-state index in [1.165, 1.54) is 31.7 Å². The molecule has 0 unspecified atom stereocenters. The van der Waals surface area contributed by atoms with Crippen LogP contribution in [0.15, 0.2) is 16.9 Å². The molecule has 0 amide bonds. The van der Waals surface area contributed by atoms with Gasteiger partial charge >= 0.3 is 5.69 Å². The number of morpholine rings is 1. The van der Waals surface area contributed by atoms with Gasteiger partial charge in [0.25, 0.3) is 0 Å². The summed E-state index contributed by atoms with van der Waals surface area (Å²) in [4.78, 5) is 18.6. The largest absolute Gasteiger partial charge is 0.379 e. The maximum atomic E-state index is 14.5. The number of rotatable bonds is 6. The number of hydrogen-bond acceptors (Lipinski definition) is 4. The fraction of sp³-hybridized carbons (Fsp3) is 0.741. The van der Waals surface area contributed by atoms with Crippen LogP contribution in [0.5, 0.6) is 0 Å². The predicted octanol–water partition coefficient (Wildman–Crippen LogP) is 4.78. The van der Waals surface area contributed by atoms with Gasteiger partial charge in [0.2, 0.25) is 0 Å². The molecule has 3 aliphatic rings. The third-order valence-electron chi connectivity index (χ3n) is 8.81. The highest BCUT2D eigenvalue weighted by Crippen LogP contribution is 2.35. The van der Waals surface area contributed by atoms with Gasteiger partial charge in [-0.1, -0.05) is 25.4 Å². The van der Waals surface area contributed by atoms with E-state index in [-0.39, 0.29) is 16.8 Å². The van der Waals surface area contributed by atoms with Crippen LogP contribution < -0.4 is 5.69 Å². The first-order valence-corrected chi connectivity index (χ1v) is 13.9. The van der Waals surface area contributed by atoms with Gasteiger partial charge in [-0.05, 0) is 56.4 Å². The van der Waals surface area contributed by atoms with Crippen molar-refractivity contribution in [3.05, 3.63) is 33.5 Å². The Morgan fingerprint density at radius 1 is 0.943 bits per heavy atom. The van der Waals surface area contributed by atoms with Crippen molar-refractivity contribution in [2.75, 3.05) is 45.9 Å². The SMILES string of the molecule is CC(C)C1CCC(N2CCC(n3c(=O)n(CCN4CCOCC4)c4cc(F)c(Cl)cc43)CC2)CC1. The molecule has 0 N–H and O–H groups in total. The Morgan fingerprint density at radius 2 is 1.63 bits per heavy atom. The lowest BCUT2D eigenvalue weighted by molar-refractivity contribution is 0.0363. The molecule has 8 heteroatoms. The van der Waals surface area contributed by atoms with E-state index in [9.17, 15) is 9.18 Å². The molecule has 1 saturated carbocycles. The van der Waals surface area contributed by atoms with Crippen molar-refractivity contribution in [2.45, 2.75) is 71.0 Å². The molecule has 1 aromatic heterocycles. The van der Waals surface area contributed by atoms with Gasteiger partial charge in [-0.2, -0.15) is 0 Å². The number of halogens is 2. The lowest BCUT2D eigenvalue weighted by Gasteiger charge is -2.41. The van der Waals surface area contributed by atoms with Gasteiger partial charge in [-0.25, -0.2) is 9.18 Å². The molecule has 0 radical (unpaired) electrons.